The monoisotopic (exact) mass is 328 g/mol. The molecule has 0 radical (unpaired) electrons. The molecule has 0 aliphatic carbocycles. The number of nitrogens with zero attached hydrogens (tertiary/aromatic N) is 6. The van der Waals surface area contributed by atoms with Crippen LogP contribution in [0.4, 0.5) is 5.95 Å². The molecule has 0 unspecified atom stereocenters. The van der Waals surface area contributed by atoms with Crippen molar-refractivity contribution in [1.82, 2.24) is 24.7 Å². The van der Waals surface area contributed by atoms with E-state index in [0.29, 0.717) is 0 Å². The zero-order valence-corrected chi connectivity index (χ0v) is 10.9. The van der Waals surface area contributed by atoms with Crippen LogP contribution in [0.25, 0.3) is 5.82 Å². The molecule has 2 rings (SSSR count). The minimum atomic E-state index is -0.751. The van der Waals surface area contributed by atoms with Crippen molar-refractivity contribution in [2.45, 2.75) is 0 Å². The number of halogens is 1. The molecule has 11 heteroatoms. The molecule has 0 aliphatic rings. The van der Waals surface area contributed by atoms with E-state index in [9.17, 15) is 14.9 Å². The number of carbonyl (C=O) groups excluding carboxylic acids is 1. The highest BCUT2D eigenvalue weighted by atomic mass is 79.9. The average molecular weight is 329 g/mol. The molecule has 19 heavy (non-hydrogen) atoms. The maximum atomic E-state index is 11.3. The summed E-state index contributed by atoms with van der Waals surface area (Å²) >= 11 is 3.00. The number of hydrogen-bond acceptors (Lipinski definition) is 8. The Balaban J connectivity index is 2.47. The van der Waals surface area contributed by atoms with Crippen LogP contribution in [-0.2, 0) is 4.74 Å². The van der Waals surface area contributed by atoms with Gasteiger partial charge in [-0.15, -0.1) is 4.68 Å². The van der Waals surface area contributed by atoms with Gasteiger partial charge in [0.2, 0.25) is 0 Å². The smallest absolute Gasteiger partial charge is 0.464 e. The largest absolute Gasteiger partial charge is 0.492 e. The average Bonchev–Trinajstić information content (AvgIpc) is 2.80. The number of aromatic nitrogens is 5. The molecule has 0 fully saturated rings. The van der Waals surface area contributed by atoms with Crippen LogP contribution in [0, 0.1) is 10.1 Å². The van der Waals surface area contributed by atoms with E-state index in [2.05, 4.69) is 40.7 Å². The standard InChI is InChI=1S/C8H5BrN6O4/c1-19-6(16)4-2-10-3-5(11-4)14-7(9)12-8(13-14)15(17)18/h2-3H,1H3. The van der Waals surface area contributed by atoms with E-state index in [1.165, 1.54) is 19.5 Å². The van der Waals surface area contributed by atoms with Crippen molar-refractivity contribution in [2.24, 2.45) is 0 Å². The Morgan fingerprint density at radius 2 is 2.21 bits per heavy atom. The van der Waals surface area contributed by atoms with E-state index in [-0.39, 0.29) is 16.2 Å². The molecule has 0 atom stereocenters. The molecule has 0 bridgehead atoms. The fourth-order valence-electron chi connectivity index (χ4n) is 1.17. The minimum absolute atomic E-state index is 0.0509. The summed E-state index contributed by atoms with van der Waals surface area (Å²) in [6.07, 6.45) is 2.48. The summed E-state index contributed by atoms with van der Waals surface area (Å²) < 4.78 is 5.60. The Hall–Kier alpha value is -2.43. The number of hydrogen-bond donors (Lipinski definition) is 0. The van der Waals surface area contributed by atoms with Gasteiger partial charge in [0.05, 0.1) is 19.5 Å². The third kappa shape index (κ3) is 2.54. The summed E-state index contributed by atoms with van der Waals surface area (Å²) in [5.74, 6) is -1.19. The summed E-state index contributed by atoms with van der Waals surface area (Å²) in [6.45, 7) is 0. The van der Waals surface area contributed by atoms with E-state index >= 15 is 0 Å². The summed E-state index contributed by atoms with van der Waals surface area (Å²) in [5, 5.41) is 14.2. The summed E-state index contributed by atoms with van der Waals surface area (Å²) in [4.78, 5) is 32.4. The van der Waals surface area contributed by atoms with Gasteiger partial charge in [-0.25, -0.2) is 9.78 Å². The quantitative estimate of drug-likeness (QED) is 0.453. The molecular formula is C8H5BrN6O4. The molecule has 0 spiro atoms. The van der Waals surface area contributed by atoms with Crippen molar-refractivity contribution >= 4 is 27.8 Å². The van der Waals surface area contributed by atoms with E-state index in [1.54, 1.807) is 0 Å². The number of rotatable bonds is 3. The number of carbonyl (C=O) groups is 1. The van der Waals surface area contributed by atoms with Gasteiger partial charge in [-0.1, -0.05) is 0 Å². The topological polar surface area (TPSA) is 126 Å². The number of methoxy groups -OCH3 is 1. The van der Waals surface area contributed by atoms with E-state index in [0.717, 1.165) is 4.68 Å². The maximum Gasteiger partial charge on any atom is 0.492 e. The lowest BCUT2D eigenvalue weighted by atomic mass is 10.4. The summed E-state index contributed by atoms with van der Waals surface area (Å²) in [5.41, 5.74) is -0.0509. The van der Waals surface area contributed by atoms with Crippen LogP contribution in [0.3, 0.4) is 0 Å². The number of esters is 1. The fourth-order valence-corrected chi connectivity index (χ4v) is 1.59. The predicted molar refractivity (Wildman–Crippen MR) is 62.6 cm³/mol. The first-order chi connectivity index (χ1) is 9.02. The molecule has 0 saturated heterocycles. The Morgan fingerprint density at radius 3 is 2.79 bits per heavy atom. The molecule has 0 aromatic carbocycles. The first-order valence-corrected chi connectivity index (χ1v) is 5.50. The second kappa shape index (κ2) is 5.06. The van der Waals surface area contributed by atoms with Gasteiger partial charge in [0.25, 0.3) is 4.73 Å². The van der Waals surface area contributed by atoms with Crippen molar-refractivity contribution < 1.29 is 14.5 Å². The molecule has 2 heterocycles. The van der Waals surface area contributed by atoms with Crippen LogP contribution >= 0.6 is 15.9 Å². The highest BCUT2D eigenvalue weighted by Crippen LogP contribution is 2.16. The predicted octanol–water partition coefficient (Wildman–Crippen LogP) is 0.515. The van der Waals surface area contributed by atoms with Gasteiger partial charge < -0.3 is 14.9 Å². The molecule has 0 saturated carbocycles. The molecule has 98 valence electrons. The third-order valence-corrected chi connectivity index (χ3v) is 2.47. The molecule has 10 nitrogen and oxygen atoms in total. The molecule has 0 N–H and O–H groups in total. The van der Waals surface area contributed by atoms with Crippen LogP contribution in [0.15, 0.2) is 17.1 Å². The van der Waals surface area contributed by atoms with Gasteiger partial charge in [-0.3, -0.25) is 4.98 Å². The van der Waals surface area contributed by atoms with Crippen molar-refractivity contribution in [3.05, 3.63) is 32.9 Å². The Bertz CT molecular complexity index is 656. The second-order valence-corrected chi connectivity index (χ2v) is 3.81. The zero-order valence-electron chi connectivity index (χ0n) is 9.35. The van der Waals surface area contributed by atoms with Gasteiger partial charge in [0.1, 0.15) is 0 Å². The van der Waals surface area contributed by atoms with Gasteiger partial charge >= 0.3 is 11.9 Å². The third-order valence-electron chi connectivity index (χ3n) is 1.95. The van der Waals surface area contributed by atoms with Gasteiger partial charge in [0, 0.05) is 21.0 Å². The van der Waals surface area contributed by atoms with E-state index in [4.69, 9.17) is 0 Å². The normalized spacial score (nSPS) is 10.2. The molecular weight excluding hydrogens is 324 g/mol. The Kier molecular flexibility index (Phi) is 3.46. The van der Waals surface area contributed by atoms with Crippen LogP contribution < -0.4 is 0 Å². The van der Waals surface area contributed by atoms with Crippen LogP contribution in [0.5, 0.6) is 0 Å². The van der Waals surface area contributed by atoms with Crippen molar-refractivity contribution in [3.8, 4) is 5.82 Å². The lowest BCUT2D eigenvalue weighted by Gasteiger charge is -1.99. The van der Waals surface area contributed by atoms with E-state index in [1.807, 2.05) is 0 Å². The van der Waals surface area contributed by atoms with Crippen molar-refractivity contribution in [1.29, 1.82) is 0 Å². The van der Waals surface area contributed by atoms with Crippen molar-refractivity contribution in [3.63, 3.8) is 0 Å². The van der Waals surface area contributed by atoms with Crippen LogP contribution in [0.1, 0.15) is 10.5 Å². The van der Waals surface area contributed by atoms with E-state index < -0.39 is 16.8 Å². The number of nitro groups is 1. The van der Waals surface area contributed by atoms with Gasteiger partial charge in [-0.05, 0) is 9.91 Å². The number of ether oxygens (including phenoxy) is 1. The van der Waals surface area contributed by atoms with Crippen LogP contribution in [0.2, 0.25) is 0 Å². The SMILES string of the molecule is COC(=O)c1cncc(-n2nc([N+](=O)[O-])nc2Br)n1. The highest BCUT2D eigenvalue weighted by Gasteiger charge is 2.22. The Morgan fingerprint density at radius 1 is 1.47 bits per heavy atom. The fraction of sp³-hybridized carbons (Fsp3) is 0.125. The van der Waals surface area contributed by atoms with Gasteiger partial charge in [0.15, 0.2) is 11.5 Å². The first kappa shape index (κ1) is 13.0. The first-order valence-electron chi connectivity index (χ1n) is 4.70. The maximum absolute atomic E-state index is 11.3. The zero-order chi connectivity index (χ0) is 14.0. The van der Waals surface area contributed by atoms with Gasteiger partial charge in [-0.2, -0.15) is 0 Å². The Labute approximate surface area is 113 Å². The van der Waals surface area contributed by atoms with Crippen molar-refractivity contribution in [2.75, 3.05) is 7.11 Å². The molecule has 0 aliphatic heterocycles. The molecule has 2 aromatic heterocycles. The second-order valence-electron chi connectivity index (χ2n) is 3.10. The highest BCUT2D eigenvalue weighted by molar-refractivity contribution is 9.10. The van der Waals surface area contributed by atoms with Crippen LogP contribution in [-0.4, -0.2) is 42.7 Å². The minimum Gasteiger partial charge on any atom is -0.464 e. The molecule has 2 aromatic rings. The summed E-state index contributed by atoms with van der Waals surface area (Å²) in [7, 11) is 1.20. The molecule has 0 amide bonds. The summed E-state index contributed by atoms with van der Waals surface area (Å²) in [6, 6.07) is 0. The lowest BCUT2D eigenvalue weighted by molar-refractivity contribution is -0.394. The lowest BCUT2D eigenvalue weighted by Crippen LogP contribution is -2.09.